The number of nitrogens with one attached hydrogen (secondary N) is 2. The first-order valence-corrected chi connectivity index (χ1v) is 8.90. The Bertz CT molecular complexity index is 552. The Labute approximate surface area is 140 Å². The van der Waals surface area contributed by atoms with Crippen LogP contribution in [0.2, 0.25) is 0 Å². The summed E-state index contributed by atoms with van der Waals surface area (Å²) in [6.45, 7) is 1.26. The molecule has 0 atom stereocenters. The second-order valence-electron chi connectivity index (χ2n) is 4.47. The molecule has 0 spiro atoms. The molecule has 1 amide bonds. The smallest absolute Gasteiger partial charge is 0.235 e. The monoisotopic (exact) mass is 398 g/mol. The Balaban J connectivity index is 0.00000400. The van der Waals surface area contributed by atoms with Gasteiger partial charge in [-0.2, -0.15) is 0 Å². The van der Waals surface area contributed by atoms with E-state index in [2.05, 4.69) is 26.6 Å². The topological polar surface area (TPSA) is 75.3 Å². The minimum atomic E-state index is -3.44. The number of rotatable bonds is 8. The van der Waals surface area contributed by atoms with E-state index >= 15 is 0 Å². The van der Waals surface area contributed by atoms with Crippen LogP contribution in [0.25, 0.3) is 0 Å². The summed E-state index contributed by atoms with van der Waals surface area (Å²) in [6, 6.07) is 7.06. The van der Waals surface area contributed by atoms with Gasteiger partial charge in [-0.25, -0.2) is 8.42 Å². The zero-order chi connectivity index (χ0) is 15.0. The van der Waals surface area contributed by atoms with Crippen LogP contribution >= 0.6 is 28.3 Å². The van der Waals surface area contributed by atoms with E-state index in [1.165, 1.54) is 0 Å². The first kappa shape index (κ1) is 20.4. The summed E-state index contributed by atoms with van der Waals surface area (Å²) in [5.41, 5.74) is 0.669. The van der Waals surface area contributed by atoms with E-state index in [4.69, 9.17) is 0 Å². The van der Waals surface area contributed by atoms with E-state index in [1.807, 2.05) is 13.1 Å². The highest BCUT2D eigenvalue weighted by Gasteiger charge is 2.17. The number of hydrogen-bond acceptors (Lipinski definition) is 4. The highest BCUT2D eigenvalue weighted by atomic mass is 79.9. The molecule has 1 aromatic carbocycles. The summed E-state index contributed by atoms with van der Waals surface area (Å²) in [5.74, 6) is -1.05. The molecule has 5 nitrogen and oxygen atoms in total. The number of carbonyl (C=O) groups excluding carboxylic acids is 1. The Kier molecular flexibility index (Phi) is 9.85. The zero-order valence-corrected chi connectivity index (χ0v) is 15.0. The number of amides is 1. The van der Waals surface area contributed by atoms with Gasteiger partial charge in [-0.05, 0) is 37.7 Å². The van der Waals surface area contributed by atoms with Crippen molar-refractivity contribution in [3.8, 4) is 0 Å². The first-order chi connectivity index (χ1) is 9.43. The molecule has 0 saturated carbocycles. The van der Waals surface area contributed by atoms with E-state index in [9.17, 15) is 13.2 Å². The van der Waals surface area contributed by atoms with Crippen molar-refractivity contribution in [3.05, 3.63) is 34.3 Å². The minimum Gasteiger partial charge on any atom is -0.355 e. The highest BCUT2D eigenvalue weighted by Crippen LogP contribution is 2.14. The van der Waals surface area contributed by atoms with Crippen LogP contribution in [0.3, 0.4) is 0 Å². The molecule has 1 aromatic rings. The predicted molar refractivity (Wildman–Crippen MR) is 90.4 cm³/mol. The molecule has 120 valence electrons. The standard InChI is InChI=1S/C13H19BrN2O3S.ClH/c1-15-6-3-7-16-13(17)10-20(18,19)9-11-4-2-5-12(14)8-11;/h2,4-5,8,15H,3,6-7,9-10H2,1H3,(H,16,17);1H. The second kappa shape index (κ2) is 10.2. The molecule has 0 unspecified atom stereocenters. The number of hydrogen-bond donors (Lipinski definition) is 2. The summed E-state index contributed by atoms with van der Waals surface area (Å²) >= 11 is 3.29. The number of sulfone groups is 1. The molecule has 0 saturated heterocycles. The molecular weight excluding hydrogens is 380 g/mol. The van der Waals surface area contributed by atoms with Crippen LogP contribution in [-0.4, -0.2) is 40.2 Å². The quantitative estimate of drug-likeness (QED) is 0.650. The van der Waals surface area contributed by atoms with Crippen molar-refractivity contribution in [2.24, 2.45) is 0 Å². The molecule has 0 radical (unpaired) electrons. The van der Waals surface area contributed by atoms with Gasteiger partial charge in [0.2, 0.25) is 5.91 Å². The van der Waals surface area contributed by atoms with Crippen molar-refractivity contribution in [2.45, 2.75) is 12.2 Å². The van der Waals surface area contributed by atoms with Gasteiger partial charge < -0.3 is 10.6 Å². The maximum Gasteiger partial charge on any atom is 0.235 e. The molecule has 8 heteroatoms. The molecule has 21 heavy (non-hydrogen) atoms. The Hall–Kier alpha value is -0.630. The fourth-order valence-corrected chi connectivity index (χ4v) is 3.41. The maximum absolute atomic E-state index is 11.9. The van der Waals surface area contributed by atoms with Gasteiger partial charge in [0.05, 0.1) is 5.75 Å². The summed E-state index contributed by atoms with van der Waals surface area (Å²) in [4.78, 5) is 11.6. The lowest BCUT2D eigenvalue weighted by Gasteiger charge is -2.07. The molecule has 0 aromatic heterocycles. The molecule has 0 aliphatic heterocycles. The third-order valence-corrected chi connectivity index (χ3v) is 4.52. The van der Waals surface area contributed by atoms with E-state index < -0.39 is 21.5 Å². The number of benzene rings is 1. The average Bonchev–Trinajstić information content (AvgIpc) is 2.33. The molecule has 0 fully saturated rings. The highest BCUT2D eigenvalue weighted by molar-refractivity contribution is 9.10. The van der Waals surface area contributed by atoms with Crippen molar-refractivity contribution < 1.29 is 13.2 Å². The summed E-state index contributed by atoms with van der Waals surface area (Å²) in [6.07, 6.45) is 0.772. The van der Waals surface area contributed by atoms with Crippen molar-refractivity contribution in [1.29, 1.82) is 0 Å². The molecule has 0 bridgehead atoms. The third kappa shape index (κ3) is 9.08. The van der Waals surface area contributed by atoms with Crippen LogP contribution in [0, 0.1) is 0 Å². The second-order valence-corrected chi connectivity index (χ2v) is 7.45. The summed E-state index contributed by atoms with van der Waals surface area (Å²) < 4.78 is 24.7. The Morgan fingerprint density at radius 2 is 2.00 bits per heavy atom. The molecule has 0 aliphatic rings. The van der Waals surface area contributed by atoms with Crippen molar-refractivity contribution in [2.75, 3.05) is 25.9 Å². The van der Waals surface area contributed by atoms with Crippen molar-refractivity contribution in [1.82, 2.24) is 10.6 Å². The third-order valence-electron chi connectivity index (χ3n) is 2.55. The number of carbonyl (C=O) groups is 1. The van der Waals surface area contributed by atoms with E-state index in [-0.39, 0.29) is 18.2 Å². The average molecular weight is 400 g/mol. The molecule has 0 aliphatic carbocycles. The molecule has 2 N–H and O–H groups in total. The van der Waals surface area contributed by atoms with E-state index in [0.29, 0.717) is 12.1 Å². The summed E-state index contributed by atoms with van der Waals surface area (Å²) in [7, 11) is -1.62. The van der Waals surface area contributed by atoms with E-state index in [1.54, 1.807) is 18.2 Å². The van der Waals surface area contributed by atoms with Crippen LogP contribution in [0.4, 0.5) is 0 Å². The lowest BCUT2D eigenvalue weighted by Crippen LogP contribution is -2.32. The fraction of sp³-hybridized carbons (Fsp3) is 0.462. The van der Waals surface area contributed by atoms with Crippen LogP contribution in [0.15, 0.2) is 28.7 Å². The molecular formula is C13H20BrClN2O3S. The van der Waals surface area contributed by atoms with Crippen molar-refractivity contribution >= 4 is 44.1 Å². The van der Waals surface area contributed by atoms with Gasteiger partial charge in [-0.1, -0.05) is 28.1 Å². The zero-order valence-electron chi connectivity index (χ0n) is 11.8. The number of halogens is 2. The Morgan fingerprint density at radius 1 is 1.29 bits per heavy atom. The first-order valence-electron chi connectivity index (χ1n) is 6.29. The lowest BCUT2D eigenvalue weighted by molar-refractivity contribution is -0.118. The SMILES string of the molecule is CNCCCNC(=O)CS(=O)(=O)Cc1cccc(Br)c1.Cl. The van der Waals surface area contributed by atoms with Crippen LogP contribution < -0.4 is 10.6 Å². The van der Waals surface area contributed by atoms with Gasteiger partial charge in [0.1, 0.15) is 5.75 Å². The maximum atomic E-state index is 11.9. The fourth-order valence-electron chi connectivity index (χ4n) is 1.68. The van der Waals surface area contributed by atoms with Crippen molar-refractivity contribution in [3.63, 3.8) is 0 Å². The van der Waals surface area contributed by atoms with E-state index in [0.717, 1.165) is 17.4 Å². The largest absolute Gasteiger partial charge is 0.355 e. The lowest BCUT2D eigenvalue weighted by atomic mass is 10.2. The van der Waals surface area contributed by atoms with Crippen LogP contribution in [-0.2, 0) is 20.4 Å². The molecule has 1 rings (SSSR count). The molecule has 0 heterocycles. The van der Waals surface area contributed by atoms with Gasteiger partial charge in [-0.15, -0.1) is 12.4 Å². The Morgan fingerprint density at radius 3 is 2.62 bits per heavy atom. The van der Waals surface area contributed by atoms with Crippen LogP contribution in [0.1, 0.15) is 12.0 Å². The van der Waals surface area contributed by atoms with Gasteiger partial charge in [-0.3, -0.25) is 4.79 Å². The predicted octanol–water partition coefficient (Wildman–Crippen LogP) is 1.51. The van der Waals surface area contributed by atoms with Gasteiger partial charge >= 0.3 is 0 Å². The van der Waals surface area contributed by atoms with Gasteiger partial charge in [0.25, 0.3) is 0 Å². The van der Waals surface area contributed by atoms with Crippen LogP contribution in [0.5, 0.6) is 0 Å². The minimum absolute atomic E-state index is 0. The van der Waals surface area contributed by atoms with Gasteiger partial charge in [0, 0.05) is 11.0 Å². The summed E-state index contributed by atoms with van der Waals surface area (Å²) in [5, 5.41) is 5.56. The van der Waals surface area contributed by atoms with Gasteiger partial charge in [0.15, 0.2) is 9.84 Å². The normalized spacial score (nSPS) is 10.8.